The van der Waals surface area contributed by atoms with Crippen molar-refractivity contribution in [2.75, 3.05) is 37.6 Å². The third kappa shape index (κ3) is 6.02. The molecule has 0 unspecified atom stereocenters. The first-order valence-electron chi connectivity index (χ1n) is 12.3. The van der Waals surface area contributed by atoms with Gasteiger partial charge in [0, 0.05) is 42.8 Å². The second kappa shape index (κ2) is 11.0. The van der Waals surface area contributed by atoms with Crippen LogP contribution in [0.1, 0.15) is 29.6 Å². The van der Waals surface area contributed by atoms with Gasteiger partial charge in [-0.15, -0.1) is 10.2 Å². The Bertz CT molecular complexity index is 1280. The van der Waals surface area contributed by atoms with Gasteiger partial charge in [0.15, 0.2) is 5.82 Å². The first kappa shape index (κ1) is 25.4. The lowest BCUT2D eigenvalue weighted by Crippen LogP contribution is -2.45. The molecule has 0 spiro atoms. The predicted molar refractivity (Wildman–Crippen MR) is 141 cm³/mol. The number of nitrogens with zero attached hydrogens (tertiary/aromatic N) is 5. The number of benzene rings is 2. The maximum Gasteiger partial charge on any atom is 0.256 e. The number of halogens is 3. The molecule has 2 fully saturated rings. The molecule has 10 heteroatoms. The maximum absolute atomic E-state index is 13.2. The molecule has 2 aliphatic rings. The van der Waals surface area contributed by atoms with Crippen molar-refractivity contribution in [2.45, 2.75) is 25.3 Å². The van der Waals surface area contributed by atoms with Crippen molar-refractivity contribution in [3.63, 3.8) is 0 Å². The maximum atomic E-state index is 13.2. The van der Waals surface area contributed by atoms with Crippen LogP contribution >= 0.6 is 23.2 Å². The highest BCUT2D eigenvalue weighted by Crippen LogP contribution is 2.31. The molecule has 3 aromatic rings. The lowest BCUT2D eigenvalue weighted by atomic mass is 10.1. The highest BCUT2D eigenvalue weighted by Gasteiger charge is 2.36. The lowest BCUT2D eigenvalue weighted by Gasteiger charge is -2.27. The Morgan fingerprint density at radius 2 is 1.73 bits per heavy atom. The Balaban J connectivity index is 1.21. The minimum Gasteiger partial charge on any atom is -0.353 e. The van der Waals surface area contributed by atoms with Gasteiger partial charge in [0.1, 0.15) is 12.4 Å². The number of anilines is 1. The first-order valence-corrected chi connectivity index (χ1v) is 13.0. The molecule has 192 valence electrons. The fourth-order valence-corrected chi connectivity index (χ4v) is 4.97. The summed E-state index contributed by atoms with van der Waals surface area (Å²) >= 11 is 12.2. The number of carbonyl (C=O) groups excluding carboxylic acids is 2. The summed E-state index contributed by atoms with van der Waals surface area (Å²) in [5.41, 5.74) is 1.82. The van der Waals surface area contributed by atoms with Gasteiger partial charge in [-0.3, -0.25) is 9.59 Å². The topological polar surface area (TPSA) is 69.6 Å². The fourth-order valence-electron chi connectivity index (χ4n) is 4.48. The van der Waals surface area contributed by atoms with E-state index in [0.717, 1.165) is 37.2 Å². The van der Waals surface area contributed by atoms with Crippen molar-refractivity contribution >= 4 is 40.8 Å². The molecule has 37 heavy (non-hydrogen) atoms. The Labute approximate surface area is 224 Å². The summed E-state index contributed by atoms with van der Waals surface area (Å²) in [6.45, 7) is 2.49. The molecular formula is C27H26Cl2FN5O2. The van der Waals surface area contributed by atoms with E-state index in [1.165, 1.54) is 12.1 Å². The van der Waals surface area contributed by atoms with E-state index in [2.05, 4.69) is 15.1 Å². The summed E-state index contributed by atoms with van der Waals surface area (Å²) in [6.07, 6.45) is 2.53. The summed E-state index contributed by atoms with van der Waals surface area (Å²) in [5, 5.41) is 9.42. The molecule has 7 nitrogen and oxygen atoms in total. The second-order valence-electron chi connectivity index (χ2n) is 9.29. The number of aromatic nitrogens is 2. The van der Waals surface area contributed by atoms with Gasteiger partial charge < -0.3 is 14.7 Å². The molecule has 2 heterocycles. The smallest absolute Gasteiger partial charge is 0.256 e. The molecule has 2 amide bonds. The molecule has 0 atom stereocenters. The van der Waals surface area contributed by atoms with E-state index in [1.54, 1.807) is 35.2 Å². The van der Waals surface area contributed by atoms with E-state index in [0.29, 0.717) is 35.9 Å². The van der Waals surface area contributed by atoms with Crippen LogP contribution in [0.5, 0.6) is 0 Å². The summed E-state index contributed by atoms with van der Waals surface area (Å²) in [4.78, 5) is 32.0. The van der Waals surface area contributed by atoms with Crippen molar-refractivity contribution in [1.82, 2.24) is 20.0 Å². The molecule has 1 aromatic heterocycles. The average molecular weight is 542 g/mol. The van der Waals surface area contributed by atoms with Crippen LogP contribution in [-0.4, -0.2) is 70.6 Å². The van der Waals surface area contributed by atoms with Crippen molar-refractivity contribution in [1.29, 1.82) is 0 Å². The van der Waals surface area contributed by atoms with Gasteiger partial charge >= 0.3 is 0 Å². The molecule has 0 bridgehead atoms. The summed E-state index contributed by atoms with van der Waals surface area (Å²) < 4.78 is 13.2. The lowest BCUT2D eigenvalue weighted by molar-refractivity contribution is -0.131. The fraction of sp³-hybridized carbons (Fsp3) is 0.333. The number of rotatable bonds is 6. The van der Waals surface area contributed by atoms with Gasteiger partial charge in [0.2, 0.25) is 5.91 Å². The van der Waals surface area contributed by atoms with Gasteiger partial charge in [0.25, 0.3) is 5.91 Å². The zero-order valence-electron chi connectivity index (χ0n) is 20.1. The van der Waals surface area contributed by atoms with E-state index in [1.807, 2.05) is 17.0 Å². The van der Waals surface area contributed by atoms with Crippen molar-refractivity contribution in [2.24, 2.45) is 0 Å². The standard InChI is InChI=1S/C27H26Cl2FN5O2/c28-19-4-9-22(23(29)16-19)27(37)35(21-7-8-21)17-26(36)34-13-1-12-33(14-15-34)25-11-10-24(31-32-25)18-2-5-20(30)6-3-18/h2-6,9-11,16,21H,1,7-8,12-15,17H2. The number of hydrogen-bond acceptors (Lipinski definition) is 5. The summed E-state index contributed by atoms with van der Waals surface area (Å²) in [5.74, 6) is 0.109. The van der Waals surface area contributed by atoms with Crippen LogP contribution in [0.4, 0.5) is 10.2 Å². The van der Waals surface area contributed by atoms with Gasteiger partial charge in [-0.2, -0.15) is 0 Å². The van der Waals surface area contributed by atoms with E-state index in [-0.39, 0.29) is 35.2 Å². The molecule has 1 saturated carbocycles. The largest absolute Gasteiger partial charge is 0.353 e. The van der Waals surface area contributed by atoms with E-state index < -0.39 is 0 Å². The molecular weight excluding hydrogens is 516 g/mol. The molecule has 1 aliphatic carbocycles. The molecule has 5 rings (SSSR count). The van der Waals surface area contributed by atoms with Gasteiger partial charge in [0.05, 0.1) is 16.3 Å². The Morgan fingerprint density at radius 1 is 0.946 bits per heavy atom. The van der Waals surface area contributed by atoms with E-state index >= 15 is 0 Å². The third-order valence-electron chi connectivity index (χ3n) is 6.68. The zero-order valence-corrected chi connectivity index (χ0v) is 21.6. The first-order chi connectivity index (χ1) is 17.9. The second-order valence-corrected chi connectivity index (χ2v) is 10.1. The molecule has 1 saturated heterocycles. The Kier molecular flexibility index (Phi) is 7.58. The normalized spacial score (nSPS) is 15.9. The molecule has 1 aliphatic heterocycles. The summed E-state index contributed by atoms with van der Waals surface area (Å²) in [7, 11) is 0. The minimum atomic E-state index is -0.296. The van der Waals surface area contributed by atoms with Gasteiger partial charge in [-0.1, -0.05) is 23.2 Å². The number of carbonyl (C=O) groups is 2. The molecule has 0 radical (unpaired) electrons. The van der Waals surface area contributed by atoms with Crippen molar-refractivity contribution in [3.05, 3.63) is 76.0 Å². The van der Waals surface area contributed by atoms with Crippen LogP contribution in [0.3, 0.4) is 0 Å². The highest BCUT2D eigenvalue weighted by atomic mass is 35.5. The van der Waals surface area contributed by atoms with E-state index in [4.69, 9.17) is 23.2 Å². The van der Waals surface area contributed by atoms with Crippen molar-refractivity contribution < 1.29 is 14.0 Å². The van der Waals surface area contributed by atoms with E-state index in [9.17, 15) is 14.0 Å². The summed E-state index contributed by atoms with van der Waals surface area (Å²) in [6, 6.07) is 14.7. The van der Waals surface area contributed by atoms with Crippen LogP contribution in [0.25, 0.3) is 11.3 Å². The van der Waals surface area contributed by atoms with Crippen LogP contribution < -0.4 is 4.90 Å². The SMILES string of the molecule is O=C(CN(C(=O)c1ccc(Cl)cc1Cl)C1CC1)N1CCCN(c2ccc(-c3ccc(F)cc3)nn2)CC1. The monoisotopic (exact) mass is 541 g/mol. The van der Waals surface area contributed by atoms with Crippen LogP contribution in [0, 0.1) is 5.82 Å². The zero-order chi connectivity index (χ0) is 25.9. The van der Waals surface area contributed by atoms with Crippen LogP contribution in [-0.2, 0) is 4.79 Å². The van der Waals surface area contributed by atoms with Crippen LogP contribution in [0.2, 0.25) is 10.0 Å². The molecule has 0 N–H and O–H groups in total. The number of amides is 2. The predicted octanol–water partition coefficient (Wildman–Crippen LogP) is 4.93. The molecule has 2 aromatic carbocycles. The Morgan fingerprint density at radius 3 is 2.41 bits per heavy atom. The number of hydrogen-bond donors (Lipinski definition) is 0. The van der Waals surface area contributed by atoms with Crippen LogP contribution in [0.15, 0.2) is 54.6 Å². The Hall–Kier alpha value is -3.23. The van der Waals surface area contributed by atoms with Gasteiger partial charge in [-0.05, 0) is 73.9 Å². The third-order valence-corrected chi connectivity index (χ3v) is 7.23. The van der Waals surface area contributed by atoms with Crippen molar-refractivity contribution in [3.8, 4) is 11.3 Å². The highest BCUT2D eigenvalue weighted by molar-refractivity contribution is 6.36. The van der Waals surface area contributed by atoms with Gasteiger partial charge in [-0.25, -0.2) is 4.39 Å². The average Bonchev–Trinajstić information content (AvgIpc) is 3.75. The quantitative estimate of drug-likeness (QED) is 0.442. The minimum absolute atomic E-state index is 0.0224.